The standard InChI is InChI=1S/C26H23N3O3/c1-29(15-24(30)31)19-10-11-21(23(14-19)32-2)27-22-9-5-7-17-13-18-12-16-6-3-4-8-20(16)25(18)28-26(17)22/h3-14,27-28H,15H2,1-2H3,(H,30,31). The van der Waals surface area contributed by atoms with Crippen molar-refractivity contribution in [2.45, 2.75) is 0 Å². The van der Waals surface area contributed by atoms with Crippen molar-refractivity contribution in [1.82, 2.24) is 4.98 Å². The third kappa shape index (κ3) is 3.46. The first-order valence-corrected chi connectivity index (χ1v) is 10.3. The summed E-state index contributed by atoms with van der Waals surface area (Å²) in [5, 5.41) is 16.1. The van der Waals surface area contributed by atoms with Crippen LogP contribution in [0.3, 0.4) is 0 Å². The molecule has 0 saturated heterocycles. The molecule has 0 spiro atoms. The van der Waals surface area contributed by atoms with Gasteiger partial charge >= 0.3 is 5.97 Å². The van der Waals surface area contributed by atoms with Gasteiger partial charge in [-0.15, -0.1) is 0 Å². The maximum absolute atomic E-state index is 11.0. The molecule has 0 atom stereocenters. The molecule has 1 heterocycles. The average Bonchev–Trinajstić information content (AvgIpc) is 3.15. The van der Waals surface area contributed by atoms with E-state index in [1.807, 2.05) is 30.3 Å². The maximum atomic E-state index is 11.0. The molecule has 3 aromatic rings. The molecule has 0 bridgehead atoms. The molecule has 0 amide bonds. The first-order valence-electron chi connectivity index (χ1n) is 10.3. The van der Waals surface area contributed by atoms with Gasteiger partial charge in [0.05, 0.1) is 29.7 Å². The van der Waals surface area contributed by atoms with Gasteiger partial charge in [-0.3, -0.25) is 4.79 Å². The minimum atomic E-state index is -0.883. The number of H-pyrrole nitrogens is 1. The zero-order valence-electron chi connectivity index (χ0n) is 17.8. The molecule has 0 fully saturated rings. The van der Waals surface area contributed by atoms with Crippen molar-refractivity contribution in [2.75, 3.05) is 30.9 Å². The molecular formula is C26H23N3O3. The third-order valence-electron chi connectivity index (χ3n) is 5.76. The van der Waals surface area contributed by atoms with E-state index in [-0.39, 0.29) is 6.54 Å². The summed E-state index contributed by atoms with van der Waals surface area (Å²) in [4.78, 5) is 16.3. The van der Waals surface area contributed by atoms with Crippen LogP contribution in [-0.4, -0.2) is 36.8 Å². The number of benzene rings is 3. The molecule has 2 aliphatic rings. The fraction of sp³-hybridized carbons (Fsp3) is 0.115. The molecule has 3 aromatic carbocycles. The molecule has 0 unspecified atom stereocenters. The minimum absolute atomic E-state index is 0.0855. The molecule has 0 aromatic heterocycles. The number of aromatic nitrogens is 1. The molecular weight excluding hydrogens is 402 g/mol. The van der Waals surface area contributed by atoms with Crippen LogP contribution >= 0.6 is 0 Å². The van der Waals surface area contributed by atoms with E-state index in [9.17, 15) is 4.79 Å². The van der Waals surface area contributed by atoms with E-state index < -0.39 is 5.97 Å². The Bertz CT molecular complexity index is 1420. The lowest BCUT2D eigenvalue weighted by molar-refractivity contribution is -0.135. The number of nitrogens with one attached hydrogen (secondary N) is 2. The Morgan fingerprint density at radius 1 is 1.00 bits per heavy atom. The number of anilines is 3. The van der Waals surface area contributed by atoms with Gasteiger partial charge in [-0.2, -0.15) is 0 Å². The van der Waals surface area contributed by atoms with Crippen LogP contribution in [0.25, 0.3) is 32.9 Å². The highest BCUT2D eigenvalue weighted by Crippen LogP contribution is 2.38. The first kappa shape index (κ1) is 19.8. The summed E-state index contributed by atoms with van der Waals surface area (Å²) in [7, 11) is 3.35. The summed E-state index contributed by atoms with van der Waals surface area (Å²) in [5.41, 5.74) is 5.79. The number of hydrogen-bond acceptors (Lipinski definition) is 4. The van der Waals surface area contributed by atoms with E-state index in [0.29, 0.717) is 5.75 Å². The van der Waals surface area contributed by atoms with Crippen molar-refractivity contribution in [3.8, 4) is 17.0 Å². The lowest BCUT2D eigenvalue weighted by Gasteiger charge is -2.20. The van der Waals surface area contributed by atoms with Gasteiger partial charge in [-0.05, 0) is 41.3 Å². The Morgan fingerprint density at radius 3 is 2.59 bits per heavy atom. The Hall–Kier alpha value is -4.19. The molecule has 3 N–H and O–H groups in total. The molecule has 160 valence electrons. The second-order valence-corrected chi connectivity index (χ2v) is 7.86. The van der Waals surface area contributed by atoms with Crippen LogP contribution in [0.4, 0.5) is 17.1 Å². The van der Waals surface area contributed by atoms with Gasteiger partial charge in [0.25, 0.3) is 0 Å². The van der Waals surface area contributed by atoms with Gasteiger partial charge < -0.3 is 25.0 Å². The zero-order chi connectivity index (χ0) is 22.2. The number of nitrogens with zero attached hydrogens (tertiary/aromatic N) is 1. The summed E-state index contributed by atoms with van der Waals surface area (Å²) < 4.78 is 5.59. The van der Waals surface area contributed by atoms with E-state index in [1.165, 1.54) is 16.3 Å². The van der Waals surface area contributed by atoms with Crippen LogP contribution in [-0.2, 0) is 4.79 Å². The predicted octanol–water partition coefficient (Wildman–Crippen LogP) is 5.70. The number of ether oxygens (including phenoxy) is 1. The summed E-state index contributed by atoms with van der Waals surface area (Å²) in [6, 6.07) is 24.5. The van der Waals surface area contributed by atoms with Gasteiger partial charge in [-0.1, -0.05) is 36.4 Å². The number of pyridine rings is 1. The zero-order valence-corrected chi connectivity index (χ0v) is 17.8. The number of carboxylic acid groups (broad SMARTS) is 1. The maximum Gasteiger partial charge on any atom is 0.323 e. The lowest BCUT2D eigenvalue weighted by Crippen LogP contribution is -2.25. The largest absolute Gasteiger partial charge is 0.494 e. The number of fused-ring (bicyclic) bond motifs is 4. The normalized spacial score (nSPS) is 11.2. The number of rotatable bonds is 6. The van der Waals surface area contributed by atoms with Crippen molar-refractivity contribution in [2.24, 2.45) is 0 Å². The SMILES string of the molecule is COc1cc(N(C)CC(=O)O)ccc1Nc1cccc2cc3cc4ccccc4c-3[nH]c12. The van der Waals surface area contributed by atoms with Crippen molar-refractivity contribution in [1.29, 1.82) is 0 Å². The number of aromatic amines is 1. The third-order valence-corrected chi connectivity index (χ3v) is 5.76. The highest BCUT2D eigenvalue weighted by molar-refractivity contribution is 6.05. The number of methoxy groups -OCH3 is 1. The van der Waals surface area contributed by atoms with Crippen molar-refractivity contribution in [3.63, 3.8) is 0 Å². The topological polar surface area (TPSA) is 77.6 Å². The quantitative estimate of drug-likeness (QED) is 0.325. The van der Waals surface area contributed by atoms with Gasteiger partial charge in [-0.25, -0.2) is 0 Å². The van der Waals surface area contributed by atoms with Crippen molar-refractivity contribution >= 4 is 44.7 Å². The molecule has 0 saturated carbocycles. The molecule has 32 heavy (non-hydrogen) atoms. The predicted molar refractivity (Wildman–Crippen MR) is 130 cm³/mol. The highest BCUT2D eigenvalue weighted by Gasteiger charge is 2.14. The minimum Gasteiger partial charge on any atom is -0.494 e. The summed E-state index contributed by atoms with van der Waals surface area (Å²) in [5.74, 6) is -0.247. The summed E-state index contributed by atoms with van der Waals surface area (Å²) in [6.45, 7) is -0.0855. The van der Waals surface area contributed by atoms with Gasteiger partial charge in [0.15, 0.2) is 0 Å². The molecule has 1 aliphatic carbocycles. The van der Waals surface area contributed by atoms with E-state index in [1.54, 1.807) is 19.1 Å². The number of likely N-dealkylation sites (N-methyl/N-ethyl adjacent to an activating group) is 1. The number of carbonyl (C=O) groups is 1. The number of hydrogen-bond donors (Lipinski definition) is 3. The molecule has 6 nitrogen and oxygen atoms in total. The van der Waals surface area contributed by atoms with Crippen LogP contribution in [0.15, 0.2) is 72.8 Å². The number of carboxylic acids is 1. The molecule has 6 heteroatoms. The van der Waals surface area contributed by atoms with E-state index >= 15 is 0 Å². The van der Waals surface area contributed by atoms with E-state index in [2.05, 4.69) is 52.8 Å². The van der Waals surface area contributed by atoms with Crippen LogP contribution in [0.2, 0.25) is 0 Å². The molecule has 5 rings (SSSR count). The fourth-order valence-corrected chi connectivity index (χ4v) is 4.19. The number of aliphatic carboxylic acids is 1. The monoisotopic (exact) mass is 425 g/mol. The van der Waals surface area contributed by atoms with Crippen molar-refractivity contribution < 1.29 is 14.6 Å². The molecule has 1 aliphatic heterocycles. The first-order chi connectivity index (χ1) is 15.5. The Balaban J connectivity index is 1.57. The number of para-hydroxylation sites is 1. The summed E-state index contributed by atoms with van der Waals surface area (Å²) >= 11 is 0. The Kier molecular flexibility index (Phi) is 4.82. The van der Waals surface area contributed by atoms with Crippen LogP contribution < -0.4 is 15.0 Å². The van der Waals surface area contributed by atoms with Crippen LogP contribution in [0.5, 0.6) is 5.75 Å². The second kappa shape index (κ2) is 7.81. The van der Waals surface area contributed by atoms with E-state index in [0.717, 1.165) is 33.7 Å². The smallest absolute Gasteiger partial charge is 0.323 e. The average molecular weight is 425 g/mol. The second-order valence-electron chi connectivity index (χ2n) is 7.86. The van der Waals surface area contributed by atoms with Gasteiger partial charge in [0.2, 0.25) is 0 Å². The summed E-state index contributed by atoms with van der Waals surface area (Å²) in [6.07, 6.45) is 0. The van der Waals surface area contributed by atoms with Gasteiger partial charge in [0, 0.05) is 29.6 Å². The highest BCUT2D eigenvalue weighted by atomic mass is 16.5. The fourth-order valence-electron chi connectivity index (χ4n) is 4.19. The van der Waals surface area contributed by atoms with E-state index in [4.69, 9.17) is 9.84 Å². The Labute approximate surface area is 185 Å². The van der Waals surface area contributed by atoms with Crippen molar-refractivity contribution in [3.05, 3.63) is 72.8 Å². The van der Waals surface area contributed by atoms with Crippen LogP contribution in [0.1, 0.15) is 0 Å². The van der Waals surface area contributed by atoms with Gasteiger partial charge in [0.1, 0.15) is 12.3 Å². The lowest BCUT2D eigenvalue weighted by atomic mass is 10.1. The molecule has 0 radical (unpaired) electrons. The van der Waals surface area contributed by atoms with Crippen LogP contribution in [0, 0.1) is 0 Å². The Morgan fingerprint density at radius 2 is 1.78 bits per heavy atom.